The topological polar surface area (TPSA) is 80.5 Å². The highest BCUT2D eigenvalue weighted by atomic mass is 16.5. The summed E-state index contributed by atoms with van der Waals surface area (Å²) in [4.78, 5) is 18.4. The summed E-state index contributed by atoms with van der Waals surface area (Å²) in [7, 11) is 3.50. The number of hydrogen-bond donors (Lipinski definition) is 2. The maximum absolute atomic E-state index is 11.8. The van der Waals surface area contributed by atoms with Gasteiger partial charge < -0.3 is 20.7 Å². The second-order valence-electron chi connectivity index (χ2n) is 6.12. The van der Waals surface area contributed by atoms with Gasteiger partial charge in [-0.2, -0.15) is 0 Å². The van der Waals surface area contributed by atoms with Crippen molar-refractivity contribution in [1.29, 1.82) is 0 Å². The molecule has 1 aromatic heterocycles. The maximum atomic E-state index is 11.8. The minimum Gasteiger partial charge on any atom is -0.465 e. The maximum Gasteiger partial charge on any atom is 0.341 e. The minimum atomic E-state index is -0.425. The predicted octanol–water partition coefficient (Wildman–Crippen LogP) is 1.59. The van der Waals surface area contributed by atoms with E-state index in [0.717, 1.165) is 32.5 Å². The highest BCUT2D eigenvalue weighted by Gasteiger charge is 2.29. The van der Waals surface area contributed by atoms with Gasteiger partial charge in [-0.1, -0.05) is 6.92 Å². The number of nitrogens with two attached hydrogens (primary N) is 1. The third kappa shape index (κ3) is 3.85. The van der Waals surface area contributed by atoms with Gasteiger partial charge >= 0.3 is 5.97 Å². The molecule has 2 heterocycles. The number of piperidine rings is 1. The van der Waals surface area contributed by atoms with Crippen molar-refractivity contribution in [3.63, 3.8) is 0 Å². The van der Waals surface area contributed by atoms with Crippen molar-refractivity contribution in [3.05, 3.63) is 17.8 Å². The number of nitrogen functional groups attached to an aromatic ring is 1. The number of rotatable bonds is 4. The summed E-state index contributed by atoms with van der Waals surface area (Å²) < 4.78 is 4.78. The molecule has 1 aliphatic heterocycles. The summed E-state index contributed by atoms with van der Waals surface area (Å²) in [5.41, 5.74) is 6.74. The third-order valence-corrected chi connectivity index (χ3v) is 4.19. The molecule has 0 aliphatic carbocycles. The Kier molecular flexibility index (Phi) is 4.67. The number of likely N-dealkylation sites (tertiary alicyclic amines) is 1. The first kappa shape index (κ1) is 15.6. The Labute approximate surface area is 125 Å². The van der Waals surface area contributed by atoms with Crippen LogP contribution in [0.25, 0.3) is 0 Å². The lowest BCUT2D eigenvalue weighted by atomic mass is 9.80. The van der Waals surface area contributed by atoms with Gasteiger partial charge in [-0.15, -0.1) is 0 Å². The summed E-state index contributed by atoms with van der Waals surface area (Å²) in [5.74, 6) is 0.113. The van der Waals surface area contributed by atoms with Crippen molar-refractivity contribution in [2.45, 2.75) is 19.8 Å². The molecule has 0 saturated carbocycles. The molecule has 0 aromatic carbocycles. The summed E-state index contributed by atoms with van der Waals surface area (Å²) in [5, 5.41) is 3.29. The second-order valence-corrected chi connectivity index (χ2v) is 6.12. The second kappa shape index (κ2) is 6.30. The number of aromatic nitrogens is 1. The molecule has 0 atom stereocenters. The Morgan fingerprint density at radius 3 is 2.81 bits per heavy atom. The van der Waals surface area contributed by atoms with Crippen molar-refractivity contribution in [3.8, 4) is 0 Å². The van der Waals surface area contributed by atoms with Crippen LogP contribution in [0, 0.1) is 5.41 Å². The highest BCUT2D eigenvalue weighted by molar-refractivity contribution is 5.95. The normalized spacial score (nSPS) is 18.2. The molecule has 0 bridgehead atoms. The largest absolute Gasteiger partial charge is 0.465 e. The Hall–Kier alpha value is -1.82. The van der Waals surface area contributed by atoms with Crippen LogP contribution in [0.4, 0.5) is 11.5 Å². The number of anilines is 2. The molecule has 0 amide bonds. The van der Waals surface area contributed by atoms with E-state index in [-0.39, 0.29) is 5.41 Å². The van der Waals surface area contributed by atoms with E-state index in [1.54, 1.807) is 12.3 Å². The number of nitrogens with one attached hydrogen (secondary N) is 1. The van der Waals surface area contributed by atoms with E-state index in [9.17, 15) is 4.79 Å². The van der Waals surface area contributed by atoms with Gasteiger partial charge in [0.25, 0.3) is 0 Å². The Morgan fingerprint density at radius 1 is 1.52 bits per heavy atom. The fraction of sp³-hybridized carbons (Fsp3) is 0.600. The summed E-state index contributed by atoms with van der Waals surface area (Å²) in [6.07, 6.45) is 3.80. The van der Waals surface area contributed by atoms with Crippen molar-refractivity contribution < 1.29 is 9.53 Å². The van der Waals surface area contributed by atoms with E-state index in [2.05, 4.69) is 29.2 Å². The van der Waals surface area contributed by atoms with E-state index in [1.807, 2.05) is 0 Å². The lowest BCUT2D eigenvalue weighted by Crippen LogP contribution is -2.40. The van der Waals surface area contributed by atoms with Crippen molar-refractivity contribution >= 4 is 17.5 Å². The first-order valence-electron chi connectivity index (χ1n) is 7.20. The Morgan fingerprint density at radius 2 is 2.19 bits per heavy atom. The van der Waals surface area contributed by atoms with E-state index in [4.69, 9.17) is 10.5 Å². The molecule has 6 nitrogen and oxygen atoms in total. The molecule has 6 heteroatoms. The van der Waals surface area contributed by atoms with Gasteiger partial charge in [0.05, 0.1) is 19.0 Å². The minimum absolute atomic E-state index is 0.211. The number of methoxy groups -OCH3 is 1. The molecule has 3 N–H and O–H groups in total. The lowest BCUT2D eigenvalue weighted by Gasteiger charge is -2.38. The fourth-order valence-electron chi connectivity index (χ4n) is 2.52. The van der Waals surface area contributed by atoms with Crippen LogP contribution >= 0.6 is 0 Å². The van der Waals surface area contributed by atoms with Gasteiger partial charge in [-0.25, -0.2) is 9.78 Å². The molecular formula is C15H24N4O2. The van der Waals surface area contributed by atoms with Crippen LogP contribution in [0.3, 0.4) is 0 Å². The van der Waals surface area contributed by atoms with Crippen LogP contribution in [-0.2, 0) is 4.74 Å². The van der Waals surface area contributed by atoms with Crippen LogP contribution < -0.4 is 11.1 Å². The van der Waals surface area contributed by atoms with Crippen LogP contribution in [-0.4, -0.2) is 49.6 Å². The van der Waals surface area contributed by atoms with Crippen LogP contribution in [0.15, 0.2) is 12.3 Å². The lowest BCUT2D eigenvalue weighted by molar-refractivity contribution is 0.0601. The standard InChI is InChI=1S/C15H24N4O2/c1-15(4-6-19(2)7-5-15)10-18-13-12(14(20)21-3)8-11(16)9-17-13/h8-9H,4-7,10,16H2,1-3H3,(H,17,18). The van der Waals surface area contributed by atoms with Gasteiger partial charge in [-0.3, -0.25) is 0 Å². The number of nitrogens with zero attached hydrogens (tertiary/aromatic N) is 2. The van der Waals surface area contributed by atoms with Gasteiger partial charge in [0, 0.05) is 6.54 Å². The van der Waals surface area contributed by atoms with Crippen LogP contribution in [0.2, 0.25) is 0 Å². The van der Waals surface area contributed by atoms with E-state index in [1.165, 1.54) is 7.11 Å². The zero-order chi connectivity index (χ0) is 15.5. The molecule has 0 spiro atoms. The number of carbonyl (C=O) groups excluding carboxylic acids is 1. The number of ether oxygens (including phenoxy) is 1. The Bertz CT molecular complexity index is 510. The van der Waals surface area contributed by atoms with Crippen molar-refractivity contribution in [1.82, 2.24) is 9.88 Å². The summed E-state index contributed by atoms with van der Waals surface area (Å²) in [6, 6.07) is 1.60. The van der Waals surface area contributed by atoms with Crippen LogP contribution in [0.1, 0.15) is 30.1 Å². The van der Waals surface area contributed by atoms with Gasteiger partial charge in [0.15, 0.2) is 0 Å². The molecule has 1 fully saturated rings. The number of hydrogen-bond acceptors (Lipinski definition) is 6. The predicted molar refractivity (Wildman–Crippen MR) is 83.3 cm³/mol. The van der Waals surface area contributed by atoms with Gasteiger partial charge in [0.2, 0.25) is 0 Å². The molecule has 0 radical (unpaired) electrons. The molecular weight excluding hydrogens is 268 g/mol. The first-order chi connectivity index (χ1) is 9.93. The van der Waals surface area contributed by atoms with Crippen molar-refractivity contribution in [2.24, 2.45) is 5.41 Å². The quantitative estimate of drug-likeness (QED) is 0.820. The average molecular weight is 292 g/mol. The fourth-order valence-corrected chi connectivity index (χ4v) is 2.52. The van der Waals surface area contributed by atoms with Crippen LogP contribution in [0.5, 0.6) is 0 Å². The van der Waals surface area contributed by atoms with E-state index in [0.29, 0.717) is 17.1 Å². The third-order valence-electron chi connectivity index (χ3n) is 4.19. The molecule has 116 valence electrons. The zero-order valence-electron chi connectivity index (χ0n) is 13.0. The molecule has 1 aliphatic rings. The molecule has 21 heavy (non-hydrogen) atoms. The zero-order valence-corrected chi connectivity index (χ0v) is 13.0. The van der Waals surface area contributed by atoms with Crippen molar-refractivity contribution in [2.75, 3.05) is 44.8 Å². The molecule has 0 unspecified atom stereocenters. The molecule has 2 rings (SSSR count). The average Bonchev–Trinajstić information content (AvgIpc) is 2.48. The first-order valence-corrected chi connectivity index (χ1v) is 7.20. The number of esters is 1. The number of pyridine rings is 1. The summed E-state index contributed by atoms with van der Waals surface area (Å²) >= 11 is 0. The molecule has 1 saturated heterocycles. The van der Waals surface area contributed by atoms with Gasteiger partial charge in [0.1, 0.15) is 11.4 Å². The van der Waals surface area contributed by atoms with E-state index < -0.39 is 5.97 Å². The monoisotopic (exact) mass is 292 g/mol. The SMILES string of the molecule is COC(=O)c1cc(N)cnc1NCC1(C)CCN(C)CC1. The smallest absolute Gasteiger partial charge is 0.341 e. The van der Waals surface area contributed by atoms with Gasteiger partial charge in [-0.05, 0) is 44.5 Å². The molecule has 1 aromatic rings. The summed E-state index contributed by atoms with van der Waals surface area (Å²) in [6.45, 7) is 5.23. The Balaban J connectivity index is 2.07. The van der Waals surface area contributed by atoms with E-state index >= 15 is 0 Å². The highest BCUT2D eigenvalue weighted by Crippen LogP contribution is 2.31. The number of carbonyl (C=O) groups is 1.